The molecule has 1 fully saturated rings. The zero-order chi connectivity index (χ0) is 15.0. The third kappa shape index (κ3) is 5.50. The molecule has 120 valence electrons. The molecular weight excluding hydrogens is 280 g/mol. The molecule has 5 atom stereocenters. The Hall–Kier alpha value is 0.150. The summed E-state index contributed by atoms with van der Waals surface area (Å²) in [6.45, 7) is 1.83. The van der Waals surface area contributed by atoms with Crippen molar-refractivity contribution < 1.29 is 25.2 Å². The van der Waals surface area contributed by atoms with E-state index in [9.17, 15) is 15.3 Å². The van der Waals surface area contributed by atoms with Crippen LogP contribution >= 0.6 is 11.8 Å². The fraction of sp³-hybridized carbons (Fsp3) is 1.00. The molecule has 1 heterocycles. The fourth-order valence-electron chi connectivity index (χ4n) is 2.29. The normalized spacial score (nSPS) is 34.4. The third-order valence-corrected chi connectivity index (χ3v) is 4.87. The SMILES string of the molecule is CCCCCCCCSC1O[C@H](CO)[C@@H](O)[C@H](O)[C@H]1O. The smallest absolute Gasteiger partial charge is 0.132 e. The summed E-state index contributed by atoms with van der Waals surface area (Å²) in [5.41, 5.74) is -0.582. The molecule has 1 saturated heterocycles. The summed E-state index contributed by atoms with van der Waals surface area (Å²) in [6.07, 6.45) is 2.77. The molecule has 0 aromatic rings. The molecular formula is C14H28O5S. The van der Waals surface area contributed by atoms with E-state index in [1.807, 2.05) is 0 Å². The van der Waals surface area contributed by atoms with E-state index in [-0.39, 0.29) is 6.61 Å². The second-order valence-corrected chi connectivity index (χ2v) is 6.54. The zero-order valence-electron chi connectivity index (χ0n) is 12.1. The van der Waals surface area contributed by atoms with E-state index in [2.05, 4.69) is 6.92 Å². The summed E-state index contributed by atoms with van der Waals surface area (Å²) in [6, 6.07) is 0. The standard InChI is InChI=1S/C14H28O5S/c1-2-3-4-5-6-7-8-20-14-13(18)12(17)11(16)10(9-15)19-14/h10-18H,2-9H2,1H3/t10-,11-,12+,13-,14?/m1/s1. The average Bonchev–Trinajstić information content (AvgIpc) is 2.46. The van der Waals surface area contributed by atoms with Crippen LogP contribution in [0.5, 0.6) is 0 Å². The third-order valence-electron chi connectivity index (χ3n) is 3.63. The molecule has 1 rings (SSSR count). The van der Waals surface area contributed by atoms with Crippen molar-refractivity contribution in [1.82, 2.24) is 0 Å². The molecule has 0 saturated carbocycles. The Morgan fingerprint density at radius 1 is 0.900 bits per heavy atom. The minimum Gasteiger partial charge on any atom is -0.394 e. The second-order valence-electron chi connectivity index (χ2n) is 5.34. The maximum atomic E-state index is 9.86. The van der Waals surface area contributed by atoms with Gasteiger partial charge in [-0.05, 0) is 12.2 Å². The predicted octanol–water partition coefficient (Wildman–Crippen LogP) is 0.880. The summed E-state index contributed by atoms with van der Waals surface area (Å²) in [5.74, 6) is 0.842. The maximum absolute atomic E-state index is 9.86. The van der Waals surface area contributed by atoms with Crippen molar-refractivity contribution >= 4 is 11.8 Å². The van der Waals surface area contributed by atoms with Crippen molar-refractivity contribution in [2.45, 2.75) is 75.3 Å². The molecule has 0 aromatic carbocycles. The highest BCUT2D eigenvalue weighted by atomic mass is 32.2. The number of aliphatic hydroxyl groups is 4. The van der Waals surface area contributed by atoms with Crippen LogP contribution in [0.4, 0.5) is 0 Å². The monoisotopic (exact) mass is 308 g/mol. The fourth-order valence-corrected chi connectivity index (χ4v) is 3.47. The van der Waals surface area contributed by atoms with Crippen LogP contribution in [0.1, 0.15) is 45.4 Å². The zero-order valence-corrected chi connectivity index (χ0v) is 13.0. The Kier molecular flexibility index (Phi) is 9.08. The highest BCUT2D eigenvalue weighted by Gasteiger charge is 2.43. The van der Waals surface area contributed by atoms with Crippen molar-refractivity contribution in [3.8, 4) is 0 Å². The van der Waals surface area contributed by atoms with Gasteiger partial charge < -0.3 is 25.2 Å². The molecule has 20 heavy (non-hydrogen) atoms. The first-order valence-electron chi connectivity index (χ1n) is 7.54. The van der Waals surface area contributed by atoms with E-state index in [0.717, 1.165) is 18.6 Å². The van der Waals surface area contributed by atoms with Gasteiger partial charge in [-0.3, -0.25) is 0 Å². The quantitative estimate of drug-likeness (QED) is 0.473. The lowest BCUT2D eigenvalue weighted by Crippen LogP contribution is -2.57. The van der Waals surface area contributed by atoms with E-state index in [0.29, 0.717) is 0 Å². The highest BCUT2D eigenvalue weighted by molar-refractivity contribution is 7.99. The van der Waals surface area contributed by atoms with Crippen LogP contribution in [-0.4, -0.2) is 62.6 Å². The van der Waals surface area contributed by atoms with Gasteiger partial charge in [0.2, 0.25) is 0 Å². The van der Waals surface area contributed by atoms with Crippen LogP contribution in [0.15, 0.2) is 0 Å². The van der Waals surface area contributed by atoms with Crippen LogP contribution in [0.3, 0.4) is 0 Å². The molecule has 0 spiro atoms. The molecule has 0 radical (unpaired) electrons. The number of thioether (sulfide) groups is 1. The Morgan fingerprint density at radius 3 is 2.20 bits per heavy atom. The molecule has 1 aliphatic rings. The molecule has 6 heteroatoms. The second kappa shape index (κ2) is 9.97. The van der Waals surface area contributed by atoms with E-state index < -0.39 is 29.9 Å². The topological polar surface area (TPSA) is 90.2 Å². The van der Waals surface area contributed by atoms with Crippen LogP contribution in [0, 0.1) is 0 Å². The van der Waals surface area contributed by atoms with Gasteiger partial charge in [-0.2, -0.15) is 0 Å². The van der Waals surface area contributed by atoms with Crippen molar-refractivity contribution in [3.63, 3.8) is 0 Å². The summed E-state index contributed by atoms with van der Waals surface area (Å²) in [5, 5.41) is 38.3. The van der Waals surface area contributed by atoms with Gasteiger partial charge in [-0.1, -0.05) is 39.0 Å². The van der Waals surface area contributed by atoms with Crippen molar-refractivity contribution in [2.24, 2.45) is 0 Å². The van der Waals surface area contributed by atoms with Gasteiger partial charge in [-0.15, -0.1) is 11.8 Å². The van der Waals surface area contributed by atoms with E-state index in [4.69, 9.17) is 9.84 Å². The number of aliphatic hydroxyl groups excluding tert-OH is 4. The lowest BCUT2D eigenvalue weighted by molar-refractivity contribution is -0.205. The molecule has 0 aliphatic carbocycles. The number of rotatable bonds is 9. The van der Waals surface area contributed by atoms with E-state index in [1.165, 1.54) is 37.4 Å². The van der Waals surface area contributed by atoms with Gasteiger partial charge in [0, 0.05) is 0 Å². The van der Waals surface area contributed by atoms with E-state index in [1.54, 1.807) is 0 Å². The minimum absolute atomic E-state index is 0.362. The van der Waals surface area contributed by atoms with Gasteiger partial charge >= 0.3 is 0 Å². The van der Waals surface area contributed by atoms with E-state index >= 15 is 0 Å². The first kappa shape index (κ1) is 18.2. The van der Waals surface area contributed by atoms with Crippen LogP contribution in [-0.2, 0) is 4.74 Å². The Balaban J connectivity index is 2.21. The lowest BCUT2D eigenvalue weighted by Gasteiger charge is -2.39. The average molecular weight is 308 g/mol. The van der Waals surface area contributed by atoms with Crippen molar-refractivity contribution in [2.75, 3.05) is 12.4 Å². The number of ether oxygens (including phenoxy) is 1. The van der Waals surface area contributed by atoms with Gasteiger partial charge in [0.25, 0.3) is 0 Å². The summed E-state index contributed by atoms with van der Waals surface area (Å²) in [7, 11) is 0. The maximum Gasteiger partial charge on any atom is 0.132 e. The van der Waals surface area contributed by atoms with Gasteiger partial charge in [0.1, 0.15) is 29.9 Å². The Morgan fingerprint density at radius 2 is 1.55 bits per heavy atom. The molecule has 5 nitrogen and oxygen atoms in total. The summed E-state index contributed by atoms with van der Waals surface area (Å²) in [4.78, 5) is 0. The number of hydrogen-bond donors (Lipinski definition) is 4. The predicted molar refractivity (Wildman–Crippen MR) is 79.6 cm³/mol. The van der Waals surface area contributed by atoms with Crippen LogP contribution in [0.2, 0.25) is 0 Å². The molecule has 1 unspecified atom stereocenters. The summed E-state index contributed by atoms with van der Waals surface area (Å²) >= 11 is 1.44. The van der Waals surface area contributed by atoms with Gasteiger partial charge in [0.05, 0.1) is 6.61 Å². The van der Waals surface area contributed by atoms with Gasteiger partial charge in [0.15, 0.2) is 0 Å². The van der Waals surface area contributed by atoms with Crippen LogP contribution in [0.25, 0.3) is 0 Å². The van der Waals surface area contributed by atoms with Crippen LogP contribution < -0.4 is 0 Å². The Bertz CT molecular complexity index is 252. The lowest BCUT2D eigenvalue weighted by atomic mass is 10.0. The molecule has 4 N–H and O–H groups in total. The first-order chi connectivity index (χ1) is 9.61. The van der Waals surface area contributed by atoms with Crippen molar-refractivity contribution in [1.29, 1.82) is 0 Å². The van der Waals surface area contributed by atoms with Gasteiger partial charge in [-0.25, -0.2) is 0 Å². The molecule has 0 amide bonds. The summed E-state index contributed by atoms with van der Waals surface area (Å²) < 4.78 is 5.43. The largest absolute Gasteiger partial charge is 0.394 e. The molecule has 0 bridgehead atoms. The number of hydrogen-bond acceptors (Lipinski definition) is 6. The number of unbranched alkanes of at least 4 members (excludes halogenated alkanes) is 5. The Labute approximate surface area is 125 Å². The minimum atomic E-state index is -1.26. The highest BCUT2D eigenvalue weighted by Crippen LogP contribution is 2.29. The van der Waals surface area contributed by atoms with Crippen molar-refractivity contribution in [3.05, 3.63) is 0 Å². The molecule has 1 aliphatic heterocycles. The molecule has 0 aromatic heterocycles. The first-order valence-corrected chi connectivity index (χ1v) is 8.58.